The zero-order valence-electron chi connectivity index (χ0n) is 13.8. The SMILES string of the molecule is COC(=O)C1NC(C(OC)OC)c2[nH]c3ccccc3c2C1C. The fraction of sp³-hybridized carbons (Fsp3) is 0.471. The van der Waals surface area contributed by atoms with Gasteiger partial charge in [0.25, 0.3) is 0 Å². The van der Waals surface area contributed by atoms with E-state index in [4.69, 9.17) is 14.2 Å². The lowest BCUT2D eigenvalue weighted by atomic mass is 9.84. The Labute approximate surface area is 135 Å². The average Bonchev–Trinajstić information content (AvgIpc) is 2.97. The van der Waals surface area contributed by atoms with Crippen molar-refractivity contribution < 1.29 is 19.0 Å². The third-order valence-electron chi connectivity index (χ3n) is 4.59. The Hall–Kier alpha value is -1.89. The van der Waals surface area contributed by atoms with Gasteiger partial charge in [0, 0.05) is 36.7 Å². The number of para-hydroxylation sites is 1. The molecule has 0 spiro atoms. The van der Waals surface area contributed by atoms with E-state index in [2.05, 4.69) is 16.4 Å². The van der Waals surface area contributed by atoms with Crippen molar-refractivity contribution in [2.45, 2.75) is 31.2 Å². The first-order chi connectivity index (χ1) is 11.1. The fourth-order valence-corrected chi connectivity index (χ4v) is 3.49. The molecule has 2 aromatic rings. The number of methoxy groups -OCH3 is 3. The molecule has 1 aliphatic heterocycles. The predicted octanol–water partition coefficient (Wildman–Crippen LogP) is 2.08. The van der Waals surface area contributed by atoms with Gasteiger partial charge in [0.05, 0.1) is 13.2 Å². The van der Waals surface area contributed by atoms with Crippen molar-refractivity contribution in [1.29, 1.82) is 0 Å². The van der Waals surface area contributed by atoms with Crippen LogP contribution in [0.4, 0.5) is 0 Å². The quantitative estimate of drug-likeness (QED) is 0.667. The smallest absolute Gasteiger partial charge is 0.323 e. The largest absolute Gasteiger partial charge is 0.468 e. The van der Waals surface area contributed by atoms with Crippen LogP contribution in [0.25, 0.3) is 10.9 Å². The van der Waals surface area contributed by atoms with Gasteiger partial charge in [0.2, 0.25) is 0 Å². The van der Waals surface area contributed by atoms with Crippen LogP contribution < -0.4 is 5.32 Å². The highest BCUT2D eigenvalue weighted by atomic mass is 16.7. The minimum Gasteiger partial charge on any atom is -0.468 e. The Balaban J connectivity index is 2.17. The molecule has 6 nitrogen and oxygen atoms in total. The van der Waals surface area contributed by atoms with Gasteiger partial charge in [-0.05, 0) is 11.6 Å². The Bertz CT molecular complexity index is 708. The van der Waals surface area contributed by atoms with E-state index in [0.29, 0.717) is 0 Å². The fourth-order valence-electron chi connectivity index (χ4n) is 3.49. The lowest BCUT2D eigenvalue weighted by molar-refractivity contribution is -0.149. The summed E-state index contributed by atoms with van der Waals surface area (Å²) in [5, 5.41) is 4.43. The zero-order valence-corrected chi connectivity index (χ0v) is 13.8. The third kappa shape index (κ3) is 2.52. The van der Waals surface area contributed by atoms with Gasteiger partial charge in [0.1, 0.15) is 6.04 Å². The molecule has 3 atom stereocenters. The molecule has 1 aliphatic rings. The van der Waals surface area contributed by atoms with Gasteiger partial charge in [-0.15, -0.1) is 0 Å². The number of H-pyrrole nitrogens is 1. The summed E-state index contributed by atoms with van der Waals surface area (Å²) in [4.78, 5) is 15.7. The van der Waals surface area contributed by atoms with Crippen molar-refractivity contribution in [1.82, 2.24) is 10.3 Å². The molecule has 0 bridgehead atoms. The molecular weight excluding hydrogens is 296 g/mol. The second kappa shape index (κ2) is 6.31. The van der Waals surface area contributed by atoms with Crippen LogP contribution in [0.2, 0.25) is 0 Å². The van der Waals surface area contributed by atoms with Crippen molar-refractivity contribution in [2.75, 3.05) is 21.3 Å². The number of esters is 1. The van der Waals surface area contributed by atoms with Crippen LogP contribution in [0.3, 0.4) is 0 Å². The molecule has 0 radical (unpaired) electrons. The number of benzene rings is 1. The van der Waals surface area contributed by atoms with Gasteiger partial charge in [-0.3, -0.25) is 10.1 Å². The topological polar surface area (TPSA) is 72.6 Å². The van der Waals surface area contributed by atoms with E-state index in [1.54, 1.807) is 14.2 Å². The van der Waals surface area contributed by atoms with Crippen LogP contribution in [0.15, 0.2) is 24.3 Å². The molecular formula is C17H22N2O4. The Morgan fingerprint density at radius 1 is 1.17 bits per heavy atom. The van der Waals surface area contributed by atoms with Gasteiger partial charge in [0.15, 0.2) is 6.29 Å². The molecule has 23 heavy (non-hydrogen) atoms. The summed E-state index contributed by atoms with van der Waals surface area (Å²) < 4.78 is 15.8. The summed E-state index contributed by atoms with van der Waals surface area (Å²) in [6.07, 6.45) is -0.513. The molecule has 0 aliphatic carbocycles. The number of carbonyl (C=O) groups excluding carboxylic acids is 1. The van der Waals surface area contributed by atoms with Crippen molar-refractivity contribution >= 4 is 16.9 Å². The highest BCUT2D eigenvalue weighted by Gasteiger charge is 2.42. The second-order valence-corrected chi connectivity index (χ2v) is 5.77. The van der Waals surface area contributed by atoms with Crippen LogP contribution in [-0.4, -0.2) is 44.6 Å². The summed E-state index contributed by atoms with van der Waals surface area (Å²) in [6.45, 7) is 2.03. The van der Waals surface area contributed by atoms with Gasteiger partial charge in [-0.25, -0.2) is 0 Å². The molecule has 1 aromatic heterocycles. The van der Waals surface area contributed by atoms with E-state index >= 15 is 0 Å². The monoisotopic (exact) mass is 318 g/mol. The van der Waals surface area contributed by atoms with E-state index in [0.717, 1.165) is 22.2 Å². The Kier molecular flexibility index (Phi) is 4.39. The summed E-state index contributed by atoms with van der Waals surface area (Å²) in [5.74, 6) is -0.316. The van der Waals surface area contributed by atoms with Gasteiger partial charge < -0.3 is 19.2 Å². The molecule has 3 unspecified atom stereocenters. The molecule has 2 heterocycles. The van der Waals surface area contributed by atoms with E-state index in [1.807, 2.05) is 25.1 Å². The minimum atomic E-state index is -0.513. The van der Waals surface area contributed by atoms with Gasteiger partial charge in [-0.1, -0.05) is 25.1 Å². The van der Waals surface area contributed by atoms with Crippen LogP contribution >= 0.6 is 0 Å². The highest BCUT2D eigenvalue weighted by Crippen LogP contribution is 2.40. The normalized spacial score (nSPS) is 24.0. The molecule has 3 rings (SSSR count). The molecule has 0 fully saturated rings. The number of hydrogen-bond donors (Lipinski definition) is 2. The summed E-state index contributed by atoms with van der Waals surface area (Å²) >= 11 is 0. The number of carbonyl (C=O) groups is 1. The average molecular weight is 318 g/mol. The maximum absolute atomic E-state index is 12.2. The first kappa shape index (κ1) is 16.0. The molecule has 1 aromatic carbocycles. The van der Waals surface area contributed by atoms with Crippen LogP contribution in [0.1, 0.15) is 30.1 Å². The van der Waals surface area contributed by atoms with Gasteiger partial charge >= 0.3 is 5.97 Å². The molecule has 0 saturated heterocycles. The number of aromatic amines is 1. The molecule has 6 heteroatoms. The van der Waals surface area contributed by atoms with Crippen molar-refractivity contribution in [3.8, 4) is 0 Å². The maximum Gasteiger partial charge on any atom is 0.323 e. The number of hydrogen-bond acceptors (Lipinski definition) is 5. The molecule has 124 valence electrons. The standard InChI is InChI=1S/C17H22N2O4/c1-9-12-10-7-5-6-8-11(10)18-14(12)15(17(22-3)23-4)19-13(9)16(20)21-2/h5-9,13,15,17-19H,1-4H3. The Morgan fingerprint density at radius 3 is 2.52 bits per heavy atom. The van der Waals surface area contributed by atoms with E-state index in [-0.39, 0.29) is 17.9 Å². The number of rotatable bonds is 4. The lowest BCUT2D eigenvalue weighted by Gasteiger charge is -2.37. The Morgan fingerprint density at radius 2 is 1.87 bits per heavy atom. The number of fused-ring (bicyclic) bond motifs is 3. The maximum atomic E-state index is 12.2. The predicted molar refractivity (Wildman–Crippen MR) is 86.2 cm³/mol. The minimum absolute atomic E-state index is 0.0285. The zero-order chi connectivity index (χ0) is 16.6. The van der Waals surface area contributed by atoms with Gasteiger partial charge in [-0.2, -0.15) is 0 Å². The highest BCUT2D eigenvalue weighted by molar-refractivity contribution is 5.88. The number of ether oxygens (including phenoxy) is 3. The number of aromatic nitrogens is 1. The van der Waals surface area contributed by atoms with Crippen molar-refractivity contribution in [2.24, 2.45) is 0 Å². The van der Waals surface area contributed by atoms with Crippen molar-refractivity contribution in [3.63, 3.8) is 0 Å². The van der Waals surface area contributed by atoms with E-state index < -0.39 is 12.3 Å². The summed E-state index contributed by atoms with van der Waals surface area (Å²) in [6, 6.07) is 7.33. The second-order valence-electron chi connectivity index (χ2n) is 5.77. The molecule has 2 N–H and O–H groups in total. The summed E-state index contributed by atoms with van der Waals surface area (Å²) in [7, 11) is 4.58. The molecule has 0 saturated carbocycles. The first-order valence-corrected chi connectivity index (χ1v) is 7.62. The van der Waals surface area contributed by atoms with E-state index in [1.165, 1.54) is 7.11 Å². The number of nitrogens with one attached hydrogen (secondary N) is 2. The summed E-state index contributed by atoms with van der Waals surface area (Å²) in [5.41, 5.74) is 3.14. The van der Waals surface area contributed by atoms with Crippen LogP contribution in [0, 0.1) is 0 Å². The first-order valence-electron chi connectivity index (χ1n) is 7.62. The van der Waals surface area contributed by atoms with Crippen molar-refractivity contribution in [3.05, 3.63) is 35.5 Å². The van der Waals surface area contributed by atoms with E-state index in [9.17, 15) is 4.79 Å². The third-order valence-corrected chi connectivity index (χ3v) is 4.59. The van der Waals surface area contributed by atoms with Crippen LogP contribution in [0.5, 0.6) is 0 Å². The molecule has 0 amide bonds. The van der Waals surface area contributed by atoms with Crippen LogP contribution in [-0.2, 0) is 19.0 Å². The lowest BCUT2D eigenvalue weighted by Crippen LogP contribution is -2.51.